The molecule has 0 bridgehead atoms. The van der Waals surface area contributed by atoms with Crippen LogP contribution >= 0.6 is 22.7 Å². The first-order valence-electron chi connectivity index (χ1n) is 25.7. The molecule has 2 aliphatic rings. The summed E-state index contributed by atoms with van der Waals surface area (Å²) in [5.74, 6) is 0. The van der Waals surface area contributed by atoms with Gasteiger partial charge in [-0.15, -0.1) is 0 Å². The number of hydrogen-bond acceptors (Lipinski definition) is 2. The number of benzene rings is 5. The molecule has 0 radical (unpaired) electrons. The Morgan fingerprint density at radius 3 is 0.833 bits per heavy atom. The van der Waals surface area contributed by atoms with Gasteiger partial charge in [-0.25, -0.2) is 0 Å². The van der Waals surface area contributed by atoms with Crippen LogP contribution in [-0.4, -0.2) is 36.8 Å². The van der Waals surface area contributed by atoms with Gasteiger partial charge in [-0.2, -0.15) is 0 Å². The van der Waals surface area contributed by atoms with Gasteiger partial charge in [0, 0.05) is 0 Å². The fraction of sp³-hybridized carbons (Fsp3) is 0.387. The van der Waals surface area contributed by atoms with E-state index >= 15 is 0 Å². The van der Waals surface area contributed by atoms with E-state index < -0.39 is 47.6 Å². The van der Waals surface area contributed by atoms with Crippen molar-refractivity contribution in [2.24, 2.45) is 0 Å². The van der Waals surface area contributed by atoms with E-state index in [0.717, 1.165) is 25.7 Å². The van der Waals surface area contributed by atoms with E-state index in [1.54, 1.807) is 5.79 Å². The normalized spacial score (nSPS) is 14.6. The van der Waals surface area contributed by atoms with Crippen LogP contribution in [0.3, 0.4) is 0 Å². The number of hydrogen-bond donors (Lipinski definition) is 0. The van der Waals surface area contributed by atoms with Crippen LogP contribution in [0.4, 0.5) is 0 Å². The van der Waals surface area contributed by atoms with Crippen LogP contribution < -0.4 is 5.79 Å². The zero-order chi connectivity index (χ0) is 46.4. The predicted molar refractivity (Wildman–Crippen MR) is 297 cm³/mol. The summed E-state index contributed by atoms with van der Waals surface area (Å²) in [6, 6.07) is 50.8. The molecule has 0 spiro atoms. The Bertz CT molecular complexity index is 2490. The third-order valence-electron chi connectivity index (χ3n) is 15.0. The van der Waals surface area contributed by atoms with E-state index in [1.165, 1.54) is 139 Å². The van der Waals surface area contributed by atoms with Crippen LogP contribution in [0.1, 0.15) is 146 Å². The van der Waals surface area contributed by atoms with Crippen LogP contribution in [0.2, 0.25) is 29.6 Å². The van der Waals surface area contributed by atoms with Crippen molar-refractivity contribution in [2.75, 3.05) is 0 Å². The van der Waals surface area contributed by atoms with E-state index in [4.69, 9.17) is 0 Å². The molecule has 0 atom stereocenters. The summed E-state index contributed by atoms with van der Waals surface area (Å²) in [5, 5.41) is 0. The maximum atomic E-state index is 2.75. The van der Waals surface area contributed by atoms with Gasteiger partial charge in [-0.05, 0) is 0 Å². The summed E-state index contributed by atoms with van der Waals surface area (Å²) in [6.07, 6.45) is 14.3. The first-order valence-corrected chi connectivity index (χ1v) is 47.3. The molecule has 7 aromatic rings. The molecule has 2 aliphatic carbocycles. The average Bonchev–Trinajstić information content (AvgIpc) is 4.08. The molecule has 0 aliphatic heterocycles. The molecule has 2 heterocycles. The molecule has 66 heavy (non-hydrogen) atoms. The Kier molecular flexibility index (Phi) is 14.2. The summed E-state index contributed by atoms with van der Waals surface area (Å²) in [5.41, 5.74) is 19.5. The van der Waals surface area contributed by atoms with Crippen LogP contribution in [0.25, 0.3) is 20.9 Å². The molecule has 5 aromatic carbocycles. The Morgan fingerprint density at radius 1 is 0.348 bits per heavy atom. The second kappa shape index (κ2) is 19.5. The van der Waals surface area contributed by atoms with Gasteiger partial charge in [0.25, 0.3) is 0 Å². The summed E-state index contributed by atoms with van der Waals surface area (Å²) < 4.78 is 3.34. The van der Waals surface area contributed by atoms with E-state index in [0.29, 0.717) is 0 Å². The third kappa shape index (κ3) is 8.50. The van der Waals surface area contributed by atoms with Gasteiger partial charge in [-0.1, -0.05) is 0 Å². The van der Waals surface area contributed by atoms with E-state index in [2.05, 4.69) is 201 Å². The van der Waals surface area contributed by atoms with Crippen molar-refractivity contribution in [1.29, 1.82) is 0 Å². The van der Waals surface area contributed by atoms with E-state index in [-0.39, 0.29) is 0 Å². The molecule has 2 aromatic heterocycles. The average molecular weight is 1120 g/mol. The first kappa shape index (κ1) is 48.1. The molecule has 0 unspecified atom stereocenters. The zero-order valence-electron chi connectivity index (χ0n) is 41.8. The van der Waals surface area contributed by atoms with Crippen LogP contribution in [0.15, 0.2) is 121 Å². The van der Waals surface area contributed by atoms with Crippen molar-refractivity contribution in [3.63, 3.8) is 0 Å². The quantitative estimate of drug-likeness (QED) is 0.0751. The molecule has 0 fully saturated rings. The molecule has 0 amide bonds. The monoisotopic (exact) mass is 1120 g/mol. The Hall–Kier alpha value is -2.90. The third-order valence-corrected chi connectivity index (χ3v) is 36.2. The molecule has 0 N–H and O–H groups in total. The van der Waals surface area contributed by atoms with Gasteiger partial charge < -0.3 is 0 Å². The summed E-state index contributed by atoms with van der Waals surface area (Å²) in [7, 11) is 0. The van der Waals surface area contributed by atoms with Gasteiger partial charge in [0.15, 0.2) is 0 Å². The maximum absolute atomic E-state index is 2.75. The summed E-state index contributed by atoms with van der Waals surface area (Å²) in [6.45, 7) is 9.24. The van der Waals surface area contributed by atoms with Crippen molar-refractivity contribution in [3.8, 4) is 20.9 Å². The van der Waals surface area contributed by atoms with Gasteiger partial charge in [0.05, 0.1) is 0 Å². The van der Waals surface area contributed by atoms with Crippen molar-refractivity contribution in [1.82, 2.24) is 0 Å². The van der Waals surface area contributed by atoms with Gasteiger partial charge >= 0.3 is 419 Å². The fourth-order valence-electron chi connectivity index (χ4n) is 11.2. The molecule has 0 saturated carbocycles. The SMILES string of the molecule is CCCCc1ccc(C2(c3ccc(CCCC)cc3)c3cc4c(cc3-c3s[c]([Sn]([CH3])([CH3])[CH3])cc32)C(c2ccc(CCCC)cc2)(c2ccc(CCCC)cc2)c2c[c]([Sn]([CH3])([CH3])[CH3])sc2-4)cc1. The van der Waals surface area contributed by atoms with Crippen LogP contribution in [0, 0.1) is 0 Å². The topological polar surface area (TPSA) is 0 Å². The van der Waals surface area contributed by atoms with Crippen LogP contribution in [0.5, 0.6) is 0 Å². The Labute approximate surface area is 415 Å². The second-order valence-corrected chi connectivity index (χ2v) is 54.8. The van der Waals surface area contributed by atoms with Gasteiger partial charge in [-0.3, -0.25) is 0 Å². The number of rotatable bonds is 18. The zero-order valence-corrected chi connectivity index (χ0v) is 49.2. The number of unbranched alkanes of at least 4 members (excludes halogenated alkanes) is 4. The fourth-order valence-corrected chi connectivity index (χ4v) is 24.0. The first-order chi connectivity index (χ1) is 31.8. The van der Waals surface area contributed by atoms with E-state index in [1.807, 2.05) is 0 Å². The molecule has 0 saturated heterocycles. The Balaban J connectivity index is 1.39. The minimum atomic E-state index is -2.56. The second-order valence-electron chi connectivity index (χ2n) is 21.9. The molecular formula is C62H74S2Sn2. The molecular weight excluding hydrogens is 1050 g/mol. The standard InChI is InChI=1S/C56H56S2.6CH3.2Sn/c1-5-9-13-39-17-25-43(26-18-39)55(44-27-19-40(20-28-44)14-10-6-2)49-33-35-57-53(49)47-38-52-48(37-51(47)55)54-50(34-36-58-54)56(52,45-29-21-41(22-30-45)15-11-7-3)46-31-23-42(24-32-46)16-12-8-4;;;;;;;;/h17-34,37-38H,5-16H2,1-4H3;6*1H3;;. The summed E-state index contributed by atoms with van der Waals surface area (Å²) in [4.78, 5) is 18.7. The molecule has 342 valence electrons. The molecule has 4 heteroatoms. The van der Waals surface area contributed by atoms with Crippen molar-refractivity contribution in [2.45, 2.75) is 145 Å². The Morgan fingerprint density at radius 2 is 0.606 bits per heavy atom. The van der Waals surface area contributed by atoms with Crippen molar-refractivity contribution < 1.29 is 0 Å². The number of fused-ring (bicyclic) bond motifs is 6. The summed E-state index contributed by atoms with van der Waals surface area (Å²) >= 11 is -0.825. The minimum absolute atomic E-state index is 0.422. The van der Waals surface area contributed by atoms with Crippen LogP contribution in [-0.2, 0) is 36.5 Å². The molecule has 0 nitrogen and oxygen atoms in total. The van der Waals surface area contributed by atoms with Gasteiger partial charge in [0.2, 0.25) is 0 Å². The number of aryl methyl sites for hydroxylation is 4. The van der Waals surface area contributed by atoms with Gasteiger partial charge in [0.1, 0.15) is 0 Å². The molecule has 9 rings (SSSR count). The predicted octanol–water partition coefficient (Wildman–Crippen LogP) is 17.0. The van der Waals surface area contributed by atoms with Crippen molar-refractivity contribution >= 4 is 65.2 Å². The van der Waals surface area contributed by atoms with E-state index in [9.17, 15) is 0 Å². The number of thiophene rings is 2. The van der Waals surface area contributed by atoms with Crippen molar-refractivity contribution in [3.05, 3.63) is 188 Å².